The molecule has 0 aliphatic rings. The maximum absolute atomic E-state index is 11.4. The number of carboxylic acid groups (broad SMARTS) is 1. The second-order valence-electron chi connectivity index (χ2n) is 3.10. The van der Waals surface area contributed by atoms with E-state index in [2.05, 4.69) is 5.32 Å². The zero-order chi connectivity index (χ0) is 12.7. The van der Waals surface area contributed by atoms with E-state index < -0.39 is 36.5 Å². The van der Waals surface area contributed by atoms with E-state index in [1.807, 2.05) is 5.32 Å². The Hall–Kier alpha value is -1.67. The summed E-state index contributed by atoms with van der Waals surface area (Å²) in [7, 11) is 0. The summed E-state index contributed by atoms with van der Waals surface area (Å²) in [5, 5.41) is 21.8. The van der Waals surface area contributed by atoms with Crippen LogP contribution in [0.5, 0.6) is 0 Å². The van der Waals surface area contributed by atoms with E-state index in [1.165, 1.54) is 6.92 Å². The van der Waals surface area contributed by atoms with Crippen LogP contribution >= 0.6 is 0 Å². The Bertz CT molecular complexity index is 279. The zero-order valence-corrected chi connectivity index (χ0v) is 8.77. The number of amides is 2. The maximum atomic E-state index is 11.4. The van der Waals surface area contributed by atoms with Crippen molar-refractivity contribution in [2.45, 2.75) is 19.1 Å². The molecule has 16 heavy (non-hydrogen) atoms. The van der Waals surface area contributed by atoms with E-state index in [9.17, 15) is 19.5 Å². The Balaban J connectivity index is 4.35. The molecule has 0 radical (unpaired) electrons. The highest BCUT2D eigenvalue weighted by Gasteiger charge is 2.25. The van der Waals surface area contributed by atoms with Crippen LogP contribution in [0.25, 0.3) is 0 Å². The van der Waals surface area contributed by atoms with Gasteiger partial charge in [-0.05, 0) is 6.92 Å². The molecule has 0 saturated heterocycles. The quantitative estimate of drug-likeness (QED) is 0.331. The fourth-order valence-electron chi connectivity index (χ4n) is 0.910. The van der Waals surface area contributed by atoms with Gasteiger partial charge < -0.3 is 26.6 Å². The molecule has 8 nitrogen and oxygen atoms in total. The normalized spacial score (nSPS) is 13.7. The molecule has 2 amide bonds. The van der Waals surface area contributed by atoms with E-state index >= 15 is 0 Å². The minimum atomic E-state index is -1.22. The number of hydrogen-bond donors (Lipinski definition) is 5. The van der Waals surface area contributed by atoms with E-state index in [1.54, 1.807) is 0 Å². The third-order valence-corrected chi connectivity index (χ3v) is 1.68. The highest BCUT2D eigenvalue weighted by atomic mass is 16.4. The van der Waals surface area contributed by atoms with Gasteiger partial charge in [0.2, 0.25) is 11.8 Å². The molecule has 0 aliphatic heterocycles. The number of aliphatic carboxylic acids is 1. The standard InChI is InChI=1S/C8H15N3O5/c1-4(12)7(11-5(13)2-9)8(16)10-3-6(14)15/h4,7,12H,2-3,9H2,1H3,(H,10,16)(H,11,13)(H,14,15)/t4-,7+/m1/s1. The number of carboxylic acids is 1. The van der Waals surface area contributed by atoms with Gasteiger partial charge in [0.25, 0.3) is 0 Å². The van der Waals surface area contributed by atoms with Crippen molar-refractivity contribution in [2.24, 2.45) is 5.73 Å². The SMILES string of the molecule is C[C@@H](O)[C@H](NC(=O)CN)C(=O)NCC(=O)O. The van der Waals surface area contributed by atoms with Crippen molar-refractivity contribution in [1.82, 2.24) is 10.6 Å². The molecule has 0 heterocycles. The molecule has 6 N–H and O–H groups in total. The van der Waals surface area contributed by atoms with Crippen LogP contribution in [0.3, 0.4) is 0 Å². The zero-order valence-electron chi connectivity index (χ0n) is 8.77. The molecule has 0 aromatic rings. The van der Waals surface area contributed by atoms with Crippen LogP contribution in [0.4, 0.5) is 0 Å². The van der Waals surface area contributed by atoms with Crippen LogP contribution in [0.1, 0.15) is 6.92 Å². The minimum absolute atomic E-state index is 0.324. The summed E-state index contributed by atoms with van der Waals surface area (Å²) in [5.74, 6) is -2.61. The van der Waals surface area contributed by atoms with Gasteiger partial charge in [-0.25, -0.2) is 0 Å². The number of rotatable bonds is 6. The molecule has 0 bridgehead atoms. The van der Waals surface area contributed by atoms with Gasteiger partial charge in [-0.1, -0.05) is 0 Å². The first kappa shape index (κ1) is 14.3. The van der Waals surface area contributed by atoms with Gasteiger partial charge in [-0.3, -0.25) is 14.4 Å². The monoisotopic (exact) mass is 233 g/mol. The third kappa shape index (κ3) is 5.27. The van der Waals surface area contributed by atoms with Crippen LogP contribution in [0, 0.1) is 0 Å². The van der Waals surface area contributed by atoms with Crippen LogP contribution in [0.2, 0.25) is 0 Å². The first-order valence-electron chi connectivity index (χ1n) is 4.55. The Morgan fingerprint density at radius 3 is 2.31 bits per heavy atom. The predicted octanol–water partition coefficient (Wildman–Crippen LogP) is -2.99. The Kier molecular flexibility index (Phi) is 6.04. The molecule has 0 aromatic heterocycles. The van der Waals surface area contributed by atoms with E-state index in [0.717, 1.165) is 0 Å². The molecule has 2 atom stereocenters. The van der Waals surface area contributed by atoms with Crippen LogP contribution in [-0.2, 0) is 14.4 Å². The maximum Gasteiger partial charge on any atom is 0.322 e. The summed E-state index contributed by atoms with van der Waals surface area (Å²) in [6.45, 7) is 0.387. The van der Waals surface area contributed by atoms with E-state index in [-0.39, 0.29) is 6.54 Å². The number of nitrogens with two attached hydrogens (primary N) is 1. The third-order valence-electron chi connectivity index (χ3n) is 1.68. The topological polar surface area (TPSA) is 142 Å². The van der Waals surface area contributed by atoms with Gasteiger partial charge >= 0.3 is 5.97 Å². The summed E-state index contributed by atoms with van der Waals surface area (Å²) in [6, 6.07) is -1.21. The van der Waals surface area contributed by atoms with Gasteiger partial charge in [0.1, 0.15) is 12.6 Å². The van der Waals surface area contributed by atoms with Crippen LogP contribution in [0.15, 0.2) is 0 Å². The van der Waals surface area contributed by atoms with Crippen molar-refractivity contribution in [3.05, 3.63) is 0 Å². The molecular formula is C8H15N3O5. The number of aliphatic hydroxyl groups excluding tert-OH is 1. The molecule has 0 fully saturated rings. The van der Waals surface area contributed by atoms with Gasteiger partial charge in [0.15, 0.2) is 0 Å². The number of aliphatic hydroxyl groups is 1. The molecule has 0 saturated carbocycles. The summed E-state index contributed by atoms with van der Waals surface area (Å²) >= 11 is 0. The first-order chi connectivity index (χ1) is 7.38. The fraction of sp³-hybridized carbons (Fsp3) is 0.625. The van der Waals surface area contributed by atoms with Crippen molar-refractivity contribution in [2.75, 3.05) is 13.1 Å². The van der Waals surface area contributed by atoms with Crippen LogP contribution in [-0.4, -0.2) is 53.2 Å². The Morgan fingerprint density at radius 2 is 1.94 bits per heavy atom. The van der Waals surface area contributed by atoms with Gasteiger partial charge in [0.05, 0.1) is 12.6 Å². The smallest absolute Gasteiger partial charge is 0.322 e. The van der Waals surface area contributed by atoms with Gasteiger partial charge in [-0.2, -0.15) is 0 Å². The molecule has 0 aliphatic carbocycles. The second-order valence-corrected chi connectivity index (χ2v) is 3.10. The summed E-state index contributed by atoms with van der Waals surface area (Å²) in [5.41, 5.74) is 5.02. The van der Waals surface area contributed by atoms with Gasteiger partial charge in [-0.15, -0.1) is 0 Å². The molecule has 8 heteroatoms. The summed E-state index contributed by atoms with van der Waals surface area (Å²) < 4.78 is 0. The van der Waals surface area contributed by atoms with Crippen molar-refractivity contribution in [1.29, 1.82) is 0 Å². The molecule has 0 spiro atoms. The molecule has 0 unspecified atom stereocenters. The van der Waals surface area contributed by atoms with Crippen LogP contribution < -0.4 is 16.4 Å². The average molecular weight is 233 g/mol. The molecule has 0 aromatic carbocycles. The summed E-state index contributed by atoms with van der Waals surface area (Å²) in [6.07, 6.45) is -1.15. The van der Waals surface area contributed by atoms with E-state index in [4.69, 9.17) is 10.8 Å². The molecule has 0 rings (SSSR count). The number of nitrogens with one attached hydrogen (secondary N) is 2. The average Bonchev–Trinajstić information content (AvgIpc) is 2.21. The fourth-order valence-corrected chi connectivity index (χ4v) is 0.910. The lowest BCUT2D eigenvalue weighted by Crippen LogP contribution is -2.54. The van der Waals surface area contributed by atoms with Crippen molar-refractivity contribution < 1.29 is 24.6 Å². The lowest BCUT2D eigenvalue weighted by Gasteiger charge is -2.19. The minimum Gasteiger partial charge on any atom is -0.480 e. The summed E-state index contributed by atoms with van der Waals surface area (Å²) in [4.78, 5) is 32.5. The second kappa shape index (κ2) is 6.75. The largest absolute Gasteiger partial charge is 0.480 e. The number of carbonyl (C=O) groups is 3. The lowest BCUT2D eigenvalue weighted by atomic mass is 10.1. The molecular weight excluding hydrogens is 218 g/mol. The van der Waals surface area contributed by atoms with Crippen molar-refractivity contribution in [3.8, 4) is 0 Å². The van der Waals surface area contributed by atoms with Crippen molar-refractivity contribution >= 4 is 17.8 Å². The predicted molar refractivity (Wildman–Crippen MR) is 53.3 cm³/mol. The molecule has 92 valence electrons. The van der Waals surface area contributed by atoms with Crippen molar-refractivity contribution in [3.63, 3.8) is 0 Å². The first-order valence-corrected chi connectivity index (χ1v) is 4.55. The lowest BCUT2D eigenvalue weighted by molar-refractivity contribution is -0.139. The number of carbonyl (C=O) groups excluding carboxylic acids is 2. The van der Waals surface area contributed by atoms with E-state index in [0.29, 0.717) is 0 Å². The highest BCUT2D eigenvalue weighted by molar-refractivity contribution is 5.90. The van der Waals surface area contributed by atoms with Gasteiger partial charge in [0, 0.05) is 0 Å². The highest BCUT2D eigenvalue weighted by Crippen LogP contribution is 1.92. The Labute approximate surface area is 91.8 Å². The number of hydrogen-bond acceptors (Lipinski definition) is 5. The Morgan fingerprint density at radius 1 is 1.38 bits per heavy atom.